The van der Waals surface area contributed by atoms with Crippen LogP contribution in [0.15, 0.2) is 29.0 Å². The molecule has 0 spiro atoms. The van der Waals surface area contributed by atoms with Gasteiger partial charge in [0.05, 0.1) is 24.2 Å². The lowest BCUT2D eigenvalue weighted by Crippen LogP contribution is -2.29. The lowest BCUT2D eigenvalue weighted by atomic mass is 10.2. The SMILES string of the molecule is CCn1ncc(N)c1C(=O)NC(C)c1ccco1. The molecule has 2 rings (SSSR count). The minimum Gasteiger partial charge on any atom is -0.467 e. The van der Waals surface area contributed by atoms with Crippen LogP contribution in [0.3, 0.4) is 0 Å². The Balaban J connectivity index is 2.15. The van der Waals surface area contributed by atoms with E-state index >= 15 is 0 Å². The molecule has 0 aromatic carbocycles. The van der Waals surface area contributed by atoms with Crippen molar-refractivity contribution in [2.45, 2.75) is 26.4 Å². The average molecular weight is 248 g/mol. The summed E-state index contributed by atoms with van der Waals surface area (Å²) in [5, 5.41) is 6.86. The second-order valence-electron chi connectivity index (χ2n) is 3.97. The number of carbonyl (C=O) groups excluding carboxylic acids is 1. The number of nitrogen functional groups attached to an aromatic ring is 1. The van der Waals surface area contributed by atoms with Crippen molar-refractivity contribution in [1.82, 2.24) is 15.1 Å². The minimum absolute atomic E-state index is 0.216. The van der Waals surface area contributed by atoms with Crippen LogP contribution in [0, 0.1) is 0 Å². The van der Waals surface area contributed by atoms with E-state index in [2.05, 4.69) is 10.4 Å². The van der Waals surface area contributed by atoms with E-state index in [1.807, 2.05) is 19.9 Å². The quantitative estimate of drug-likeness (QED) is 0.859. The molecule has 0 aliphatic rings. The predicted octanol–water partition coefficient (Wildman–Crippen LogP) is 1.57. The van der Waals surface area contributed by atoms with Crippen LogP contribution < -0.4 is 11.1 Å². The lowest BCUT2D eigenvalue weighted by molar-refractivity contribution is 0.0925. The molecule has 0 saturated heterocycles. The molecule has 0 bridgehead atoms. The zero-order chi connectivity index (χ0) is 13.1. The molecular weight excluding hydrogens is 232 g/mol. The Morgan fingerprint density at radius 3 is 3.06 bits per heavy atom. The first-order valence-corrected chi connectivity index (χ1v) is 5.79. The monoisotopic (exact) mass is 248 g/mol. The van der Waals surface area contributed by atoms with Gasteiger partial charge in [-0.05, 0) is 26.0 Å². The lowest BCUT2D eigenvalue weighted by Gasteiger charge is -2.12. The number of nitrogens with two attached hydrogens (primary N) is 1. The highest BCUT2D eigenvalue weighted by Crippen LogP contribution is 2.15. The van der Waals surface area contributed by atoms with Gasteiger partial charge in [-0.1, -0.05) is 0 Å². The van der Waals surface area contributed by atoms with Gasteiger partial charge in [0.25, 0.3) is 5.91 Å². The summed E-state index contributed by atoms with van der Waals surface area (Å²) in [5.41, 5.74) is 6.51. The van der Waals surface area contributed by atoms with Gasteiger partial charge in [0, 0.05) is 6.54 Å². The number of amides is 1. The highest BCUT2D eigenvalue weighted by Gasteiger charge is 2.19. The van der Waals surface area contributed by atoms with E-state index in [0.717, 1.165) is 0 Å². The third-order valence-corrected chi connectivity index (χ3v) is 2.70. The fourth-order valence-electron chi connectivity index (χ4n) is 1.76. The van der Waals surface area contributed by atoms with Crippen LogP contribution in [0.25, 0.3) is 0 Å². The highest BCUT2D eigenvalue weighted by molar-refractivity contribution is 5.97. The largest absolute Gasteiger partial charge is 0.467 e. The fraction of sp³-hybridized carbons (Fsp3) is 0.333. The molecule has 96 valence electrons. The third kappa shape index (κ3) is 2.22. The first-order valence-electron chi connectivity index (χ1n) is 5.79. The molecular formula is C12H16N4O2. The second kappa shape index (κ2) is 4.95. The van der Waals surface area contributed by atoms with Gasteiger partial charge in [0.15, 0.2) is 0 Å². The summed E-state index contributed by atoms with van der Waals surface area (Å²) in [7, 11) is 0. The number of aromatic nitrogens is 2. The van der Waals surface area contributed by atoms with Crippen molar-refractivity contribution in [2.75, 3.05) is 5.73 Å². The standard InChI is InChI=1S/C12H16N4O2/c1-3-16-11(9(13)7-14-16)12(17)15-8(2)10-5-4-6-18-10/h4-8H,3,13H2,1-2H3,(H,15,17). The number of nitrogens with zero attached hydrogens (tertiary/aromatic N) is 2. The summed E-state index contributed by atoms with van der Waals surface area (Å²) < 4.78 is 6.80. The number of anilines is 1. The van der Waals surface area contributed by atoms with Crippen LogP contribution >= 0.6 is 0 Å². The maximum absolute atomic E-state index is 12.1. The van der Waals surface area contributed by atoms with Crippen molar-refractivity contribution < 1.29 is 9.21 Å². The number of nitrogens with one attached hydrogen (secondary N) is 1. The molecule has 6 heteroatoms. The maximum Gasteiger partial charge on any atom is 0.272 e. The first-order chi connectivity index (χ1) is 8.63. The van der Waals surface area contributed by atoms with Crippen LogP contribution in [0.1, 0.15) is 36.1 Å². The van der Waals surface area contributed by atoms with E-state index in [9.17, 15) is 4.79 Å². The summed E-state index contributed by atoms with van der Waals surface area (Å²) in [6.45, 7) is 4.34. The molecule has 2 heterocycles. The second-order valence-corrected chi connectivity index (χ2v) is 3.97. The molecule has 2 aromatic heterocycles. The summed E-state index contributed by atoms with van der Waals surface area (Å²) >= 11 is 0. The highest BCUT2D eigenvalue weighted by atomic mass is 16.3. The Morgan fingerprint density at radius 1 is 1.67 bits per heavy atom. The Labute approximate surface area is 105 Å². The number of hydrogen-bond donors (Lipinski definition) is 2. The van der Waals surface area contributed by atoms with E-state index in [1.165, 1.54) is 6.20 Å². The van der Waals surface area contributed by atoms with Gasteiger partial charge in [-0.3, -0.25) is 9.48 Å². The van der Waals surface area contributed by atoms with Crippen LogP contribution in [0.4, 0.5) is 5.69 Å². The minimum atomic E-state index is -0.254. The Kier molecular flexibility index (Phi) is 3.36. The molecule has 2 aromatic rings. The third-order valence-electron chi connectivity index (χ3n) is 2.70. The van der Waals surface area contributed by atoms with Gasteiger partial charge in [0.1, 0.15) is 11.5 Å². The average Bonchev–Trinajstić information content (AvgIpc) is 2.97. The van der Waals surface area contributed by atoms with E-state index in [0.29, 0.717) is 23.7 Å². The summed E-state index contributed by atoms with van der Waals surface area (Å²) in [6.07, 6.45) is 3.05. The number of aryl methyl sites for hydroxylation is 1. The van der Waals surface area contributed by atoms with Gasteiger partial charge in [0.2, 0.25) is 0 Å². The number of hydrogen-bond acceptors (Lipinski definition) is 4. The molecule has 3 N–H and O–H groups in total. The predicted molar refractivity (Wildman–Crippen MR) is 66.9 cm³/mol. The topological polar surface area (TPSA) is 86.1 Å². The van der Waals surface area contributed by atoms with Crippen LogP contribution in [0.2, 0.25) is 0 Å². The molecule has 1 unspecified atom stereocenters. The van der Waals surface area contributed by atoms with Crippen LogP contribution in [-0.4, -0.2) is 15.7 Å². The van der Waals surface area contributed by atoms with E-state index in [4.69, 9.17) is 10.2 Å². The van der Waals surface area contributed by atoms with E-state index < -0.39 is 0 Å². The molecule has 0 fully saturated rings. The molecule has 18 heavy (non-hydrogen) atoms. The summed E-state index contributed by atoms with van der Waals surface area (Å²) in [6, 6.07) is 3.38. The molecule has 1 amide bonds. The molecule has 0 aliphatic heterocycles. The zero-order valence-electron chi connectivity index (χ0n) is 10.4. The van der Waals surface area contributed by atoms with Crippen molar-refractivity contribution >= 4 is 11.6 Å². The molecule has 6 nitrogen and oxygen atoms in total. The van der Waals surface area contributed by atoms with E-state index in [-0.39, 0.29) is 11.9 Å². The zero-order valence-corrected chi connectivity index (χ0v) is 10.4. The molecule has 0 radical (unpaired) electrons. The number of furan rings is 1. The molecule has 0 saturated carbocycles. The van der Waals surface area contributed by atoms with Crippen molar-refractivity contribution in [2.24, 2.45) is 0 Å². The normalized spacial score (nSPS) is 12.3. The van der Waals surface area contributed by atoms with Crippen molar-refractivity contribution in [3.05, 3.63) is 36.0 Å². The van der Waals surface area contributed by atoms with Gasteiger partial charge >= 0.3 is 0 Å². The van der Waals surface area contributed by atoms with Crippen LogP contribution in [0.5, 0.6) is 0 Å². The van der Waals surface area contributed by atoms with Gasteiger partial charge < -0.3 is 15.5 Å². The van der Waals surface area contributed by atoms with Crippen molar-refractivity contribution in [3.63, 3.8) is 0 Å². The number of carbonyl (C=O) groups is 1. The van der Waals surface area contributed by atoms with Gasteiger partial charge in [-0.2, -0.15) is 5.10 Å². The summed E-state index contributed by atoms with van der Waals surface area (Å²) in [5.74, 6) is 0.445. The Morgan fingerprint density at radius 2 is 2.44 bits per heavy atom. The van der Waals surface area contributed by atoms with Gasteiger partial charge in [-0.25, -0.2) is 0 Å². The molecule has 1 atom stereocenters. The maximum atomic E-state index is 12.1. The Bertz CT molecular complexity index is 530. The fourth-order valence-corrected chi connectivity index (χ4v) is 1.76. The molecule has 0 aliphatic carbocycles. The first kappa shape index (κ1) is 12.2. The van der Waals surface area contributed by atoms with E-state index in [1.54, 1.807) is 17.0 Å². The smallest absolute Gasteiger partial charge is 0.272 e. The van der Waals surface area contributed by atoms with Crippen molar-refractivity contribution in [1.29, 1.82) is 0 Å². The Hall–Kier alpha value is -2.24. The number of rotatable bonds is 4. The van der Waals surface area contributed by atoms with Crippen LogP contribution in [-0.2, 0) is 6.54 Å². The van der Waals surface area contributed by atoms with Crippen molar-refractivity contribution in [3.8, 4) is 0 Å². The summed E-state index contributed by atoms with van der Waals surface area (Å²) in [4.78, 5) is 12.1. The van der Waals surface area contributed by atoms with Gasteiger partial charge in [-0.15, -0.1) is 0 Å².